The molecule has 1 aliphatic rings. The van der Waals surface area contributed by atoms with Crippen molar-refractivity contribution in [3.05, 3.63) is 41.8 Å². The fraction of sp³-hybridized carbons (Fsp3) is 0.471. The Kier molecular flexibility index (Phi) is 5.47. The molecule has 1 saturated carbocycles. The van der Waals surface area contributed by atoms with Gasteiger partial charge in [0.2, 0.25) is 0 Å². The first-order chi connectivity index (χ1) is 10.6. The Balaban J connectivity index is 0.000000847. The van der Waals surface area contributed by atoms with Crippen LogP contribution in [-0.4, -0.2) is 0 Å². The van der Waals surface area contributed by atoms with E-state index in [0.717, 1.165) is 43.9 Å². The van der Waals surface area contributed by atoms with Gasteiger partial charge in [-0.3, -0.25) is 0 Å². The molecular weight excluding hydrogens is 307 g/mol. The Morgan fingerprint density at radius 1 is 1.00 bits per heavy atom. The Hall–Kier alpha value is -1.54. The van der Waals surface area contributed by atoms with Crippen molar-refractivity contribution in [2.45, 2.75) is 50.0 Å². The molecule has 2 aromatic rings. The monoisotopic (exact) mass is 325 g/mol. The number of fused-ring (bicyclic) bond motifs is 1. The maximum absolute atomic E-state index is 13.5. The minimum absolute atomic E-state index is 0.120. The van der Waals surface area contributed by atoms with Crippen molar-refractivity contribution in [2.75, 3.05) is 0 Å². The summed E-state index contributed by atoms with van der Waals surface area (Å²) in [6.07, 6.45) is 6.28. The zero-order valence-corrected chi connectivity index (χ0v) is 13.0. The topological polar surface area (TPSA) is 23.8 Å². The number of hydrogen-bond donors (Lipinski definition) is 0. The Morgan fingerprint density at radius 3 is 2.18 bits per heavy atom. The van der Waals surface area contributed by atoms with Crippen LogP contribution in [0, 0.1) is 11.8 Å². The molecule has 3 rings (SSSR count). The summed E-state index contributed by atoms with van der Waals surface area (Å²) in [5, 5.41) is 7.02. The molecule has 0 amide bonds. The van der Waals surface area contributed by atoms with Crippen molar-refractivity contribution >= 4 is 20.6 Å². The van der Waals surface area contributed by atoms with E-state index < -0.39 is 16.0 Å². The lowest BCUT2D eigenvalue weighted by atomic mass is 9.98. The third kappa shape index (κ3) is 3.44. The van der Waals surface area contributed by atoms with Crippen molar-refractivity contribution in [2.24, 2.45) is 0 Å². The van der Waals surface area contributed by atoms with Crippen LogP contribution < -0.4 is 0 Å². The van der Waals surface area contributed by atoms with Crippen LogP contribution >= 0.6 is 10.5 Å². The molecular formula is C17H18F3NS. The van der Waals surface area contributed by atoms with Gasteiger partial charge < -0.3 is 11.8 Å². The summed E-state index contributed by atoms with van der Waals surface area (Å²) in [5.41, 5.74) is -4.15. The smallest absolute Gasteiger partial charge is 0.512 e. The van der Waals surface area contributed by atoms with Crippen molar-refractivity contribution in [1.82, 2.24) is 0 Å². The van der Waals surface area contributed by atoms with E-state index in [2.05, 4.69) is 0 Å². The van der Waals surface area contributed by atoms with Crippen LogP contribution in [0.3, 0.4) is 0 Å². The number of hydrogen-bond acceptors (Lipinski definition) is 1. The molecule has 1 aliphatic carbocycles. The predicted octanol–water partition coefficient (Wildman–Crippen LogP) is 6.60. The number of thiophene rings is 1. The third-order valence-corrected chi connectivity index (χ3v) is 6.36. The van der Waals surface area contributed by atoms with Crippen molar-refractivity contribution in [3.8, 4) is 0 Å². The highest BCUT2D eigenvalue weighted by Crippen LogP contribution is 2.54. The lowest BCUT2D eigenvalue weighted by Gasteiger charge is -2.10. The summed E-state index contributed by atoms with van der Waals surface area (Å²) in [6.45, 7) is 4.75. The molecule has 0 aliphatic heterocycles. The van der Waals surface area contributed by atoms with Gasteiger partial charge in [-0.2, -0.15) is 0 Å². The van der Waals surface area contributed by atoms with Crippen molar-refractivity contribution in [1.29, 1.82) is 5.26 Å². The first-order valence-corrected chi connectivity index (χ1v) is 8.64. The molecule has 1 heterocycles. The Bertz CT molecular complexity index is 634. The number of nitrogens with zero attached hydrogens (tertiary/aromatic N) is 1. The molecule has 0 saturated heterocycles. The highest BCUT2D eigenvalue weighted by atomic mass is 32.2. The molecule has 1 fully saturated rings. The molecule has 0 spiro atoms. The standard InChI is InChI=1S/C16H18F3S.CN/c17-16(18,19)20-14-10-6-5-9-13(14)11-15(20)12-7-3-1-2-4-8-12;1-2/h5-6,9-12H,1-4,7-8H2;/q+1;-1. The number of halogens is 3. The Morgan fingerprint density at radius 2 is 1.59 bits per heavy atom. The second-order valence-corrected chi connectivity index (χ2v) is 7.51. The summed E-state index contributed by atoms with van der Waals surface area (Å²) in [6, 6.07) is 8.82. The van der Waals surface area contributed by atoms with Gasteiger partial charge in [0.15, 0.2) is 9.58 Å². The van der Waals surface area contributed by atoms with Crippen LogP contribution in [0.2, 0.25) is 0 Å². The quantitative estimate of drug-likeness (QED) is 0.329. The minimum atomic E-state index is -4.15. The fourth-order valence-corrected chi connectivity index (χ4v) is 5.39. The SMILES string of the molecule is FC(F)(F)[s+]1c(C2CCCCCC2)cc2ccccc21.[C-]#N. The van der Waals surface area contributed by atoms with E-state index in [9.17, 15) is 13.2 Å². The minimum Gasteiger partial charge on any atom is -0.512 e. The average Bonchev–Trinajstić information content (AvgIpc) is 2.69. The van der Waals surface area contributed by atoms with E-state index in [1.54, 1.807) is 12.1 Å². The first-order valence-electron chi connectivity index (χ1n) is 7.41. The number of rotatable bonds is 1. The van der Waals surface area contributed by atoms with Gasteiger partial charge in [-0.1, -0.05) is 37.8 Å². The van der Waals surface area contributed by atoms with E-state index in [4.69, 9.17) is 11.8 Å². The molecule has 0 radical (unpaired) electrons. The van der Waals surface area contributed by atoms with Crippen LogP contribution in [0.25, 0.3) is 10.1 Å². The van der Waals surface area contributed by atoms with Crippen LogP contribution in [0.4, 0.5) is 13.2 Å². The summed E-state index contributed by atoms with van der Waals surface area (Å²) < 4.78 is 41.0. The summed E-state index contributed by atoms with van der Waals surface area (Å²) in [7, 11) is -1.70. The average molecular weight is 325 g/mol. The molecule has 0 N–H and O–H groups in total. The van der Waals surface area contributed by atoms with E-state index in [-0.39, 0.29) is 5.92 Å². The lowest BCUT2D eigenvalue weighted by molar-refractivity contribution is -0.0868. The van der Waals surface area contributed by atoms with Gasteiger partial charge in [0.1, 0.15) is 0 Å². The first kappa shape index (κ1) is 16.8. The van der Waals surface area contributed by atoms with E-state index >= 15 is 0 Å². The maximum Gasteiger partial charge on any atom is 0.600 e. The van der Waals surface area contributed by atoms with Crippen molar-refractivity contribution in [3.63, 3.8) is 0 Å². The number of alkyl halides is 3. The molecule has 22 heavy (non-hydrogen) atoms. The largest absolute Gasteiger partial charge is 0.600 e. The normalized spacial score (nSPS) is 17.6. The Labute approximate surface area is 131 Å². The van der Waals surface area contributed by atoms with Crippen molar-refractivity contribution < 1.29 is 13.2 Å². The van der Waals surface area contributed by atoms with E-state index in [1.165, 1.54) is 0 Å². The lowest BCUT2D eigenvalue weighted by Crippen LogP contribution is -2.02. The fourth-order valence-electron chi connectivity index (χ4n) is 3.23. The van der Waals surface area contributed by atoms with Gasteiger partial charge >= 0.3 is 5.51 Å². The molecule has 1 aromatic heterocycles. The summed E-state index contributed by atoms with van der Waals surface area (Å²) in [4.78, 5) is 0.639. The molecule has 0 bridgehead atoms. The molecule has 1 aromatic carbocycles. The predicted molar refractivity (Wildman–Crippen MR) is 83.1 cm³/mol. The van der Waals surface area contributed by atoms with E-state index in [0.29, 0.717) is 9.58 Å². The maximum atomic E-state index is 13.5. The van der Waals surface area contributed by atoms with E-state index in [1.807, 2.05) is 18.2 Å². The van der Waals surface area contributed by atoms with Gasteiger partial charge in [0.05, 0.1) is 10.5 Å². The molecule has 1 nitrogen and oxygen atoms in total. The highest BCUT2D eigenvalue weighted by molar-refractivity contribution is 7.38. The highest BCUT2D eigenvalue weighted by Gasteiger charge is 2.49. The zero-order chi connectivity index (χ0) is 16.2. The molecule has 1 atom stereocenters. The van der Waals surface area contributed by atoms with Gasteiger partial charge in [0, 0.05) is 17.4 Å². The summed E-state index contributed by atoms with van der Waals surface area (Å²) >= 11 is 0. The zero-order valence-electron chi connectivity index (χ0n) is 12.2. The molecule has 118 valence electrons. The molecule has 5 heteroatoms. The van der Waals surface area contributed by atoms with Crippen LogP contribution in [0.1, 0.15) is 49.3 Å². The van der Waals surface area contributed by atoms with Gasteiger partial charge in [-0.15, -0.1) is 13.2 Å². The van der Waals surface area contributed by atoms with Crippen LogP contribution in [0.15, 0.2) is 30.3 Å². The number of benzene rings is 1. The third-order valence-electron chi connectivity index (χ3n) is 4.16. The van der Waals surface area contributed by atoms with Crippen LogP contribution in [0.5, 0.6) is 0 Å². The summed E-state index contributed by atoms with van der Waals surface area (Å²) in [5.74, 6) is 0.120. The molecule has 1 unspecified atom stereocenters. The van der Waals surface area contributed by atoms with Gasteiger partial charge in [-0.25, -0.2) is 0 Å². The van der Waals surface area contributed by atoms with Gasteiger partial charge in [-0.05, 0) is 25.0 Å². The second kappa shape index (κ2) is 7.15. The van der Waals surface area contributed by atoms with Crippen LogP contribution in [-0.2, 0) is 5.51 Å². The second-order valence-electron chi connectivity index (χ2n) is 5.52. The van der Waals surface area contributed by atoms with Gasteiger partial charge in [0.25, 0.3) is 0 Å².